The monoisotopic (exact) mass is 265 g/mol. The lowest BCUT2D eigenvalue weighted by Gasteiger charge is -2.13. The standard InChI is InChI=1S/C13H19N3O3/c1-9-6-11(12(18-2)14-7-9)16-13(17)15-8-10-4-3-5-19-10/h6-7,10H,3-5,8H2,1-2H3,(H2,15,16,17). The summed E-state index contributed by atoms with van der Waals surface area (Å²) in [6, 6.07) is 1.54. The number of aromatic nitrogens is 1. The molecule has 0 bridgehead atoms. The number of hydrogen-bond donors (Lipinski definition) is 2. The van der Waals surface area contributed by atoms with E-state index in [4.69, 9.17) is 9.47 Å². The maximum atomic E-state index is 11.8. The molecule has 0 saturated carbocycles. The van der Waals surface area contributed by atoms with Crippen molar-refractivity contribution in [2.24, 2.45) is 0 Å². The average Bonchev–Trinajstić information content (AvgIpc) is 2.90. The maximum absolute atomic E-state index is 11.8. The Kier molecular flexibility index (Phi) is 4.57. The number of carbonyl (C=O) groups is 1. The number of aryl methyl sites for hydroxylation is 1. The molecule has 2 N–H and O–H groups in total. The summed E-state index contributed by atoms with van der Waals surface area (Å²) in [5.74, 6) is 0.401. The lowest BCUT2D eigenvalue weighted by Crippen LogP contribution is -2.35. The largest absolute Gasteiger partial charge is 0.480 e. The Morgan fingerprint density at radius 3 is 3.16 bits per heavy atom. The summed E-state index contributed by atoms with van der Waals surface area (Å²) in [4.78, 5) is 15.9. The van der Waals surface area contributed by atoms with Crippen LogP contribution in [0.2, 0.25) is 0 Å². The van der Waals surface area contributed by atoms with E-state index >= 15 is 0 Å². The fourth-order valence-corrected chi connectivity index (χ4v) is 1.99. The van der Waals surface area contributed by atoms with Crippen molar-refractivity contribution in [2.75, 3.05) is 25.6 Å². The number of nitrogens with zero attached hydrogens (tertiary/aromatic N) is 1. The molecule has 1 aliphatic rings. The van der Waals surface area contributed by atoms with Gasteiger partial charge in [-0.25, -0.2) is 9.78 Å². The van der Waals surface area contributed by atoms with Gasteiger partial charge in [-0.1, -0.05) is 0 Å². The normalized spacial score (nSPS) is 18.1. The van der Waals surface area contributed by atoms with Gasteiger partial charge in [0, 0.05) is 19.3 Å². The molecule has 1 saturated heterocycles. The molecule has 1 atom stereocenters. The second-order valence-electron chi connectivity index (χ2n) is 4.54. The first kappa shape index (κ1) is 13.6. The van der Waals surface area contributed by atoms with Crippen LogP contribution in [0.4, 0.5) is 10.5 Å². The topological polar surface area (TPSA) is 72.5 Å². The van der Waals surface area contributed by atoms with Crippen molar-refractivity contribution in [3.05, 3.63) is 17.8 Å². The molecule has 6 heteroatoms. The van der Waals surface area contributed by atoms with Crippen LogP contribution in [0.25, 0.3) is 0 Å². The minimum Gasteiger partial charge on any atom is -0.480 e. The van der Waals surface area contributed by atoms with Crippen LogP contribution < -0.4 is 15.4 Å². The van der Waals surface area contributed by atoms with Crippen molar-refractivity contribution in [1.29, 1.82) is 0 Å². The van der Waals surface area contributed by atoms with Crippen LogP contribution in [-0.2, 0) is 4.74 Å². The van der Waals surface area contributed by atoms with E-state index in [1.54, 1.807) is 6.20 Å². The molecule has 104 valence electrons. The molecule has 1 aromatic heterocycles. The molecule has 1 fully saturated rings. The van der Waals surface area contributed by atoms with Gasteiger partial charge in [0.2, 0.25) is 5.88 Å². The summed E-state index contributed by atoms with van der Waals surface area (Å²) in [5, 5.41) is 5.52. The van der Waals surface area contributed by atoms with Crippen LogP contribution in [0, 0.1) is 6.92 Å². The first-order chi connectivity index (χ1) is 9.19. The van der Waals surface area contributed by atoms with Gasteiger partial charge in [-0.3, -0.25) is 0 Å². The molecule has 0 aliphatic carbocycles. The SMILES string of the molecule is COc1ncc(C)cc1NC(=O)NCC1CCCO1. The van der Waals surface area contributed by atoms with Crippen molar-refractivity contribution in [3.63, 3.8) is 0 Å². The number of nitrogens with one attached hydrogen (secondary N) is 2. The highest BCUT2D eigenvalue weighted by molar-refractivity contribution is 5.90. The van der Waals surface area contributed by atoms with Gasteiger partial charge in [-0.05, 0) is 31.4 Å². The van der Waals surface area contributed by atoms with Gasteiger partial charge < -0.3 is 20.1 Å². The minimum atomic E-state index is -0.277. The Bertz CT molecular complexity index is 445. The number of carbonyl (C=O) groups excluding carboxylic acids is 1. The fourth-order valence-electron chi connectivity index (χ4n) is 1.99. The summed E-state index contributed by atoms with van der Waals surface area (Å²) in [7, 11) is 1.52. The molecular weight excluding hydrogens is 246 g/mol. The van der Waals surface area contributed by atoms with Crippen LogP contribution in [-0.4, -0.2) is 37.4 Å². The van der Waals surface area contributed by atoms with E-state index in [-0.39, 0.29) is 12.1 Å². The molecule has 19 heavy (non-hydrogen) atoms. The van der Waals surface area contributed by atoms with E-state index in [2.05, 4.69) is 15.6 Å². The van der Waals surface area contributed by atoms with E-state index in [1.165, 1.54) is 7.11 Å². The zero-order valence-corrected chi connectivity index (χ0v) is 11.2. The van der Waals surface area contributed by atoms with E-state index in [0.717, 1.165) is 25.0 Å². The number of amides is 2. The lowest BCUT2D eigenvalue weighted by molar-refractivity contribution is 0.112. The van der Waals surface area contributed by atoms with Crippen molar-refractivity contribution < 1.29 is 14.3 Å². The molecule has 2 amide bonds. The number of hydrogen-bond acceptors (Lipinski definition) is 4. The smallest absolute Gasteiger partial charge is 0.319 e. The molecule has 2 rings (SSSR count). The van der Waals surface area contributed by atoms with Gasteiger partial charge in [0.05, 0.1) is 13.2 Å². The van der Waals surface area contributed by atoms with Crippen molar-refractivity contribution in [3.8, 4) is 5.88 Å². The third kappa shape index (κ3) is 3.82. The molecule has 1 aliphatic heterocycles. The van der Waals surface area contributed by atoms with E-state index < -0.39 is 0 Å². The van der Waals surface area contributed by atoms with Crippen molar-refractivity contribution in [2.45, 2.75) is 25.9 Å². The van der Waals surface area contributed by atoms with Crippen LogP contribution in [0.1, 0.15) is 18.4 Å². The Balaban J connectivity index is 1.88. The fraction of sp³-hybridized carbons (Fsp3) is 0.538. The van der Waals surface area contributed by atoms with Gasteiger partial charge >= 0.3 is 6.03 Å². The third-order valence-corrected chi connectivity index (χ3v) is 2.94. The van der Waals surface area contributed by atoms with Gasteiger partial charge in [0.15, 0.2) is 0 Å². The minimum absolute atomic E-state index is 0.128. The predicted molar refractivity (Wildman–Crippen MR) is 71.5 cm³/mol. The van der Waals surface area contributed by atoms with Gasteiger partial charge in [0.1, 0.15) is 5.69 Å². The Labute approximate surface area is 112 Å². The van der Waals surface area contributed by atoms with Crippen LogP contribution in [0.15, 0.2) is 12.3 Å². The van der Waals surface area contributed by atoms with Crippen molar-refractivity contribution >= 4 is 11.7 Å². The molecule has 0 spiro atoms. The first-order valence-electron chi connectivity index (χ1n) is 6.36. The second kappa shape index (κ2) is 6.38. The maximum Gasteiger partial charge on any atom is 0.319 e. The van der Waals surface area contributed by atoms with Gasteiger partial charge in [0.25, 0.3) is 0 Å². The summed E-state index contributed by atoms with van der Waals surface area (Å²) in [5.41, 5.74) is 1.52. The van der Waals surface area contributed by atoms with Crippen LogP contribution in [0.5, 0.6) is 5.88 Å². The molecule has 2 heterocycles. The summed E-state index contributed by atoms with van der Waals surface area (Å²) < 4.78 is 10.5. The van der Waals surface area contributed by atoms with Crippen LogP contribution in [0.3, 0.4) is 0 Å². The Hall–Kier alpha value is -1.82. The Morgan fingerprint density at radius 1 is 1.63 bits per heavy atom. The molecule has 1 unspecified atom stereocenters. The van der Waals surface area contributed by atoms with E-state index in [1.807, 2.05) is 13.0 Å². The number of pyridine rings is 1. The number of urea groups is 1. The molecule has 0 aromatic carbocycles. The lowest BCUT2D eigenvalue weighted by atomic mass is 10.2. The molecule has 1 aromatic rings. The van der Waals surface area contributed by atoms with Gasteiger partial charge in [-0.2, -0.15) is 0 Å². The first-order valence-corrected chi connectivity index (χ1v) is 6.36. The number of anilines is 1. The van der Waals surface area contributed by atoms with E-state index in [9.17, 15) is 4.79 Å². The predicted octanol–water partition coefficient (Wildman–Crippen LogP) is 1.70. The van der Waals surface area contributed by atoms with Crippen molar-refractivity contribution in [1.82, 2.24) is 10.3 Å². The summed E-state index contributed by atoms with van der Waals surface area (Å²) >= 11 is 0. The molecule has 6 nitrogen and oxygen atoms in total. The summed E-state index contributed by atoms with van der Waals surface area (Å²) in [6.45, 7) is 3.21. The summed E-state index contributed by atoms with van der Waals surface area (Å²) in [6.07, 6.45) is 3.87. The third-order valence-electron chi connectivity index (χ3n) is 2.94. The molecule has 0 radical (unpaired) electrons. The number of methoxy groups -OCH3 is 1. The van der Waals surface area contributed by atoms with Gasteiger partial charge in [-0.15, -0.1) is 0 Å². The highest BCUT2D eigenvalue weighted by Crippen LogP contribution is 2.21. The van der Waals surface area contributed by atoms with E-state index in [0.29, 0.717) is 18.1 Å². The molecular formula is C13H19N3O3. The average molecular weight is 265 g/mol. The highest BCUT2D eigenvalue weighted by atomic mass is 16.5. The Morgan fingerprint density at radius 2 is 2.47 bits per heavy atom. The number of ether oxygens (including phenoxy) is 2. The quantitative estimate of drug-likeness (QED) is 0.869. The highest BCUT2D eigenvalue weighted by Gasteiger charge is 2.16. The second-order valence-corrected chi connectivity index (χ2v) is 4.54. The zero-order valence-electron chi connectivity index (χ0n) is 11.2. The zero-order chi connectivity index (χ0) is 13.7. The van der Waals surface area contributed by atoms with Crippen LogP contribution >= 0.6 is 0 Å². The number of rotatable bonds is 4.